The molecule has 10 heteroatoms. The van der Waals surface area contributed by atoms with Gasteiger partial charge >= 0.3 is 6.09 Å². The Labute approximate surface area is 207 Å². The van der Waals surface area contributed by atoms with E-state index in [1.807, 2.05) is 25.7 Å². The molecule has 192 valence electrons. The molecule has 34 heavy (non-hydrogen) atoms. The first-order valence-corrected chi connectivity index (χ1v) is 12.0. The predicted octanol–water partition coefficient (Wildman–Crippen LogP) is 2.49. The first-order valence-electron chi connectivity index (χ1n) is 11.6. The summed E-state index contributed by atoms with van der Waals surface area (Å²) >= 11 is 6.52. The Kier molecular flexibility index (Phi) is 10.1. The number of hydrogen-bond donors (Lipinski definition) is 3. The van der Waals surface area contributed by atoms with E-state index in [9.17, 15) is 9.59 Å². The van der Waals surface area contributed by atoms with Gasteiger partial charge in [-0.3, -0.25) is 9.69 Å². The molecule has 1 amide bonds. The number of alkyl halides is 1. The fourth-order valence-corrected chi connectivity index (χ4v) is 4.49. The number of carbonyl (C=O) groups excluding carboxylic acids is 2. The van der Waals surface area contributed by atoms with Gasteiger partial charge in [0.05, 0.1) is 24.1 Å². The first-order chi connectivity index (χ1) is 16.0. The van der Waals surface area contributed by atoms with E-state index >= 15 is 0 Å². The molecule has 1 saturated heterocycles. The zero-order valence-corrected chi connectivity index (χ0v) is 21.6. The van der Waals surface area contributed by atoms with Crippen molar-refractivity contribution >= 4 is 23.5 Å². The second-order valence-corrected chi connectivity index (χ2v) is 10.1. The van der Waals surface area contributed by atoms with Crippen molar-refractivity contribution in [2.75, 3.05) is 33.9 Å². The predicted molar refractivity (Wildman–Crippen MR) is 132 cm³/mol. The Hall–Kier alpha value is -1.91. The lowest BCUT2D eigenvalue weighted by atomic mass is 9.82. The third-order valence-electron chi connectivity index (χ3n) is 5.86. The topological polar surface area (TPSA) is 129 Å². The lowest BCUT2D eigenvalue weighted by molar-refractivity contribution is -0.0722. The molecule has 9 nitrogen and oxygen atoms in total. The average molecular weight is 499 g/mol. The number of nitrogens with one attached hydrogen (secondary N) is 1. The van der Waals surface area contributed by atoms with Crippen molar-refractivity contribution in [2.24, 2.45) is 11.5 Å². The van der Waals surface area contributed by atoms with Gasteiger partial charge in [0.1, 0.15) is 17.5 Å². The van der Waals surface area contributed by atoms with Crippen LogP contribution in [0, 0.1) is 0 Å². The lowest BCUT2D eigenvalue weighted by Crippen LogP contribution is -2.78. The standard InChI is InChI=1S/C24H39ClN4O5/c1-23(2,3)34-22(31)28-13-9-6-10-14-29-15-17(25)19(26)21(33-5)24(29,27)20(30)16-11-7-8-12-18(16)32-4/h7-8,11-12,17,19,21H,6,9-10,13-15,26-27H2,1-5H3,(H,28,31). The highest BCUT2D eigenvalue weighted by molar-refractivity contribution is 6.21. The van der Waals surface area contributed by atoms with Gasteiger partial charge in [0.15, 0.2) is 5.66 Å². The highest BCUT2D eigenvalue weighted by atomic mass is 35.5. The number of hydrogen-bond acceptors (Lipinski definition) is 8. The van der Waals surface area contributed by atoms with Crippen molar-refractivity contribution in [3.63, 3.8) is 0 Å². The maximum atomic E-state index is 13.8. The summed E-state index contributed by atoms with van der Waals surface area (Å²) in [5.41, 5.74) is 11.5. The fourth-order valence-electron chi connectivity index (χ4n) is 4.19. The Morgan fingerprint density at radius 3 is 2.50 bits per heavy atom. The summed E-state index contributed by atoms with van der Waals surface area (Å²) in [7, 11) is 2.99. The van der Waals surface area contributed by atoms with Gasteiger partial charge in [0.2, 0.25) is 5.78 Å². The summed E-state index contributed by atoms with van der Waals surface area (Å²) in [5, 5.41) is 2.32. The number of alkyl carbamates (subject to hydrolysis) is 1. The van der Waals surface area contributed by atoms with Gasteiger partial charge in [0.25, 0.3) is 0 Å². The van der Waals surface area contributed by atoms with Gasteiger partial charge in [-0.2, -0.15) is 0 Å². The van der Waals surface area contributed by atoms with Crippen LogP contribution in [0.25, 0.3) is 0 Å². The molecule has 1 heterocycles. The Morgan fingerprint density at radius 2 is 1.88 bits per heavy atom. The molecule has 0 spiro atoms. The molecule has 1 aliphatic rings. The molecular formula is C24H39ClN4O5. The number of nitrogens with zero attached hydrogens (tertiary/aromatic N) is 1. The quantitative estimate of drug-likeness (QED) is 0.255. The number of nitrogens with two attached hydrogens (primary N) is 2. The number of benzene rings is 1. The molecule has 4 unspecified atom stereocenters. The second kappa shape index (κ2) is 12.2. The van der Waals surface area contributed by atoms with Crippen molar-refractivity contribution in [3.05, 3.63) is 29.8 Å². The van der Waals surface area contributed by atoms with Crippen LogP contribution >= 0.6 is 11.6 Å². The van der Waals surface area contributed by atoms with Crippen LogP contribution in [0.5, 0.6) is 5.75 Å². The molecule has 0 aliphatic carbocycles. The van der Waals surface area contributed by atoms with E-state index < -0.39 is 34.9 Å². The molecule has 1 fully saturated rings. The monoisotopic (exact) mass is 498 g/mol. The van der Waals surface area contributed by atoms with Gasteiger partial charge in [-0.25, -0.2) is 4.79 Å². The van der Waals surface area contributed by atoms with E-state index in [0.717, 1.165) is 19.3 Å². The maximum Gasteiger partial charge on any atom is 0.407 e. The van der Waals surface area contributed by atoms with E-state index in [1.165, 1.54) is 14.2 Å². The molecule has 1 aliphatic heterocycles. The largest absolute Gasteiger partial charge is 0.496 e. The maximum absolute atomic E-state index is 13.8. The first kappa shape index (κ1) is 28.3. The molecular weight excluding hydrogens is 460 g/mol. The van der Waals surface area contributed by atoms with Crippen molar-refractivity contribution in [2.45, 2.75) is 68.8 Å². The van der Waals surface area contributed by atoms with Crippen LogP contribution in [-0.2, 0) is 9.47 Å². The third kappa shape index (κ3) is 6.82. The van der Waals surface area contributed by atoms with Crippen LogP contribution in [0.2, 0.25) is 0 Å². The number of carbonyl (C=O) groups is 2. The van der Waals surface area contributed by atoms with Gasteiger partial charge in [-0.05, 0) is 45.7 Å². The van der Waals surface area contributed by atoms with Crippen LogP contribution < -0.4 is 21.5 Å². The van der Waals surface area contributed by atoms with Crippen molar-refractivity contribution in [3.8, 4) is 5.75 Å². The van der Waals surface area contributed by atoms with E-state index in [1.54, 1.807) is 24.3 Å². The van der Waals surface area contributed by atoms with Crippen molar-refractivity contribution < 1.29 is 23.8 Å². The smallest absolute Gasteiger partial charge is 0.407 e. The van der Waals surface area contributed by atoms with Crippen LogP contribution in [0.3, 0.4) is 0 Å². The summed E-state index contributed by atoms with van der Waals surface area (Å²) < 4.78 is 16.3. The Balaban J connectivity index is 2.08. The highest BCUT2D eigenvalue weighted by Crippen LogP contribution is 2.34. The number of halogens is 1. The van der Waals surface area contributed by atoms with Crippen LogP contribution in [0.1, 0.15) is 50.4 Å². The molecule has 0 bridgehead atoms. The number of para-hydroxylation sites is 1. The fraction of sp³-hybridized carbons (Fsp3) is 0.667. The SMILES string of the molecule is COc1ccccc1C(=O)C1(N)C(OC)C(N)C(Cl)CN1CCCCCNC(=O)OC(C)(C)C. The number of piperidine rings is 1. The minimum Gasteiger partial charge on any atom is -0.496 e. The van der Waals surface area contributed by atoms with Gasteiger partial charge in [-0.1, -0.05) is 18.6 Å². The number of unbranched alkanes of at least 4 members (excludes halogenated alkanes) is 2. The molecule has 2 rings (SSSR count). The normalized spacial score (nSPS) is 25.6. The Morgan fingerprint density at radius 1 is 1.21 bits per heavy atom. The Bertz CT molecular complexity index is 834. The van der Waals surface area contributed by atoms with Crippen LogP contribution in [0.15, 0.2) is 24.3 Å². The summed E-state index contributed by atoms with van der Waals surface area (Å²) in [4.78, 5) is 27.4. The van der Waals surface area contributed by atoms with E-state index in [-0.39, 0.29) is 5.78 Å². The number of ether oxygens (including phenoxy) is 3. The van der Waals surface area contributed by atoms with Gasteiger partial charge < -0.3 is 31.0 Å². The van der Waals surface area contributed by atoms with Gasteiger partial charge in [-0.15, -0.1) is 11.6 Å². The van der Waals surface area contributed by atoms with Crippen LogP contribution in [0.4, 0.5) is 4.79 Å². The highest BCUT2D eigenvalue weighted by Gasteiger charge is 2.55. The number of likely N-dealkylation sites (tertiary alicyclic amines) is 1. The van der Waals surface area contributed by atoms with Crippen molar-refractivity contribution in [1.82, 2.24) is 10.2 Å². The van der Waals surface area contributed by atoms with E-state index in [2.05, 4.69) is 5.32 Å². The van der Waals surface area contributed by atoms with Crippen molar-refractivity contribution in [1.29, 1.82) is 0 Å². The molecule has 5 N–H and O–H groups in total. The minimum atomic E-state index is -1.51. The third-order valence-corrected chi connectivity index (χ3v) is 6.29. The summed E-state index contributed by atoms with van der Waals surface area (Å²) in [6.07, 6.45) is 1.05. The van der Waals surface area contributed by atoms with E-state index in [0.29, 0.717) is 30.9 Å². The summed E-state index contributed by atoms with van der Waals surface area (Å²) in [5.74, 6) is 0.101. The molecule has 0 aromatic heterocycles. The second-order valence-electron chi connectivity index (χ2n) is 9.54. The molecule has 1 aromatic carbocycles. The number of Topliss-reactive ketones (excluding diaryl/α,β-unsaturated/α-hetero) is 1. The summed E-state index contributed by atoms with van der Waals surface area (Å²) in [6.45, 7) is 6.81. The molecule has 4 atom stereocenters. The summed E-state index contributed by atoms with van der Waals surface area (Å²) in [6, 6.07) is 6.33. The number of methoxy groups -OCH3 is 2. The minimum absolute atomic E-state index is 0.331. The van der Waals surface area contributed by atoms with Gasteiger partial charge in [0, 0.05) is 26.7 Å². The molecule has 1 aromatic rings. The van der Waals surface area contributed by atoms with E-state index in [4.69, 9.17) is 37.3 Å². The number of amides is 1. The average Bonchev–Trinajstić information content (AvgIpc) is 2.77. The van der Waals surface area contributed by atoms with Crippen LogP contribution in [-0.4, -0.2) is 79.4 Å². The molecule has 0 saturated carbocycles. The zero-order valence-electron chi connectivity index (χ0n) is 20.8. The molecule has 0 radical (unpaired) electrons. The zero-order chi connectivity index (χ0) is 25.5. The number of rotatable bonds is 10. The number of ketones is 1. The lowest BCUT2D eigenvalue weighted by Gasteiger charge is -2.51.